The summed E-state index contributed by atoms with van der Waals surface area (Å²) in [4.78, 5) is 28.9. The monoisotopic (exact) mass is 311 g/mol. The Bertz CT molecular complexity index is 689. The van der Waals surface area contributed by atoms with Gasteiger partial charge in [-0.15, -0.1) is 0 Å². The third kappa shape index (κ3) is 3.64. The van der Waals surface area contributed by atoms with Gasteiger partial charge in [0.15, 0.2) is 5.82 Å². The van der Waals surface area contributed by atoms with Crippen LogP contribution in [-0.2, 0) is 4.79 Å². The molecule has 1 amide bonds. The molecule has 0 bridgehead atoms. The molecule has 1 saturated heterocycles. The smallest absolute Gasteiger partial charge is 0.222 e. The molecule has 2 aromatic heterocycles. The molecule has 1 fully saturated rings. The maximum atomic E-state index is 11.7. The highest BCUT2D eigenvalue weighted by Gasteiger charge is 2.20. The van der Waals surface area contributed by atoms with E-state index >= 15 is 0 Å². The molecule has 0 atom stereocenters. The van der Waals surface area contributed by atoms with Crippen LogP contribution in [0.1, 0.15) is 18.5 Å². The van der Waals surface area contributed by atoms with Gasteiger partial charge in [-0.05, 0) is 25.5 Å². The number of aromatic nitrogens is 3. The zero-order valence-electron chi connectivity index (χ0n) is 13.6. The van der Waals surface area contributed by atoms with Gasteiger partial charge in [-0.3, -0.25) is 9.78 Å². The SMILES string of the molecule is Cc1cc(N(C)CCN2CCCC2=O)nc(-c2cccnc2)n1. The van der Waals surface area contributed by atoms with Crippen LogP contribution in [0.2, 0.25) is 0 Å². The summed E-state index contributed by atoms with van der Waals surface area (Å²) in [5.41, 5.74) is 1.82. The van der Waals surface area contributed by atoms with E-state index in [1.807, 2.05) is 37.1 Å². The van der Waals surface area contributed by atoms with Crippen molar-refractivity contribution in [2.45, 2.75) is 19.8 Å². The Kier molecular flexibility index (Phi) is 4.50. The van der Waals surface area contributed by atoms with Gasteiger partial charge in [-0.2, -0.15) is 0 Å². The fourth-order valence-electron chi connectivity index (χ4n) is 2.70. The van der Waals surface area contributed by atoms with Crippen molar-refractivity contribution in [1.29, 1.82) is 0 Å². The second-order valence-corrected chi connectivity index (χ2v) is 5.84. The first-order valence-electron chi connectivity index (χ1n) is 7.88. The van der Waals surface area contributed by atoms with Crippen molar-refractivity contribution in [3.8, 4) is 11.4 Å². The minimum absolute atomic E-state index is 0.258. The molecule has 0 saturated carbocycles. The maximum absolute atomic E-state index is 11.7. The molecule has 120 valence electrons. The molecule has 0 unspecified atom stereocenters. The molecule has 0 spiro atoms. The zero-order chi connectivity index (χ0) is 16.2. The summed E-state index contributed by atoms with van der Waals surface area (Å²) in [6.07, 6.45) is 5.16. The fourth-order valence-corrected chi connectivity index (χ4v) is 2.70. The Morgan fingerprint density at radius 3 is 2.91 bits per heavy atom. The van der Waals surface area contributed by atoms with Gasteiger partial charge >= 0.3 is 0 Å². The molecule has 6 nitrogen and oxygen atoms in total. The molecule has 2 aromatic rings. The van der Waals surface area contributed by atoms with Crippen molar-refractivity contribution in [2.75, 3.05) is 31.6 Å². The van der Waals surface area contributed by atoms with Gasteiger partial charge < -0.3 is 9.80 Å². The van der Waals surface area contributed by atoms with Crippen LogP contribution in [0.4, 0.5) is 5.82 Å². The summed E-state index contributed by atoms with van der Waals surface area (Å²) >= 11 is 0. The predicted octanol–water partition coefficient (Wildman–Crippen LogP) is 1.91. The number of hydrogen-bond acceptors (Lipinski definition) is 5. The van der Waals surface area contributed by atoms with Gasteiger partial charge in [0.05, 0.1) is 0 Å². The summed E-state index contributed by atoms with van der Waals surface area (Å²) in [5.74, 6) is 1.80. The van der Waals surface area contributed by atoms with E-state index < -0.39 is 0 Å². The second kappa shape index (κ2) is 6.73. The topological polar surface area (TPSA) is 62.2 Å². The molecule has 1 aliphatic heterocycles. The zero-order valence-corrected chi connectivity index (χ0v) is 13.6. The lowest BCUT2D eigenvalue weighted by molar-refractivity contribution is -0.127. The lowest BCUT2D eigenvalue weighted by Crippen LogP contribution is -2.34. The number of likely N-dealkylation sites (tertiary alicyclic amines) is 1. The molecule has 0 aromatic carbocycles. The Hall–Kier alpha value is -2.50. The summed E-state index contributed by atoms with van der Waals surface area (Å²) in [5, 5.41) is 0. The van der Waals surface area contributed by atoms with Gasteiger partial charge in [-0.25, -0.2) is 9.97 Å². The van der Waals surface area contributed by atoms with Crippen LogP contribution in [0.25, 0.3) is 11.4 Å². The number of anilines is 1. The van der Waals surface area contributed by atoms with E-state index in [9.17, 15) is 4.79 Å². The summed E-state index contributed by atoms with van der Waals surface area (Å²) < 4.78 is 0. The van der Waals surface area contributed by atoms with E-state index in [-0.39, 0.29) is 5.91 Å². The molecule has 1 aliphatic rings. The normalized spacial score (nSPS) is 14.3. The van der Waals surface area contributed by atoms with Gasteiger partial charge in [-0.1, -0.05) is 0 Å². The lowest BCUT2D eigenvalue weighted by atomic mass is 10.2. The van der Waals surface area contributed by atoms with E-state index in [4.69, 9.17) is 0 Å². The standard InChI is InChI=1S/C17H21N5O/c1-13-11-15(20-17(19-13)14-5-3-7-18-12-14)21(2)9-10-22-8-4-6-16(22)23/h3,5,7,11-12H,4,6,8-10H2,1-2H3. The summed E-state index contributed by atoms with van der Waals surface area (Å²) in [6, 6.07) is 5.80. The molecule has 0 aliphatic carbocycles. The third-order valence-corrected chi connectivity index (χ3v) is 4.03. The maximum Gasteiger partial charge on any atom is 0.222 e. The van der Waals surface area contributed by atoms with Crippen LogP contribution in [0, 0.1) is 6.92 Å². The van der Waals surface area contributed by atoms with Crippen molar-refractivity contribution in [3.63, 3.8) is 0 Å². The molecule has 23 heavy (non-hydrogen) atoms. The molecule has 0 N–H and O–H groups in total. The second-order valence-electron chi connectivity index (χ2n) is 5.84. The van der Waals surface area contributed by atoms with Crippen LogP contribution in [0.5, 0.6) is 0 Å². The van der Waals surface area contributed by atoms with E-state index in [1.54, 1.807) is 12.4 Å². The number of likely N-dealkylation sites (N-methyl/N-ethyl adjacent to an activating group) is 1. The minimum Gasteiger partial charge on any atom is -0.358 e. The number of carbonyl (C=O) groups excluding carboxylic acids is 1. The van der Waals surface area contributed by atoms with Crippen LogP contribution in [-0.4, -0.2) is 52.4 Å². The van der Waals surface area contributed by atoms with Gasteiger partial charge in [0.25, 0.3) is 0 Å². The fraction of sp³-hybridized carbons (Fsp3) is 0.412. The first kappa shape index (κ1) is 15.4. The Labute approximate surface area is 136 Å². The largest absolute Gasteiger partial charge is 0.358 e. The highest BCUT2D eigenvalue weighted by molar-refractivity contribution is 5.78. The first-order valence-corrected chi connectivity index (χ1v) is 7.88. The molecule has 0 radical (unpaired) electrons. The molecule has 6 heteroatoms. The number of hydrogen-bond donors (Lipinski definition) is 0. The molecule has 3 heterocycles. The van der Waals surface area contributed by atoms with E-state index in [0.717, 1.165) is 43.1 Å². The van der Waals surface area contributed by atoms with Gasteiger partial charge in [0, 0.05) is 62.8 Å². The number of nitrogens with zero attached hydrogens (tertiary/aromatic N) is 5. The average molecular weight is 311 g/mol. The van der Waals surface area contributed by atoms with E-state index in [1.165, 1.54) is 0 Å². The van der Waals surface area contributed by atoms with Crippen molar-refractivity contribution in [1.82, 2.24) is 19.9 Å². The average Bonchev–Trinajstić information content (AvgIpc) is 2.98. The first-order chi connectivity index (χ1) is 11.1. The summed E-state index contributed by atoms with van der Waals surface area (Å²) in [7, 11) is 2.00. The number of rotatable bonds is 5. The van der Waals surface area contributed by atoms with Crippen molar-refractivity contribution >= 4 is 11.7 Å². The number of carbonyl (C=O) groups is 1. The van der Waals surface area contributed by atoms with Crippen molar-refractivity contribution in [2.24, 2.45) is 0 Å². The number of aryl methyl sites for hydroxylation is 1. The Morgan fingerprint density at radius 1 is 1.35 bits per heavy atom. The quantitative estimate of drug-likeness (QED) is 0.844. The third-order valence-electron chi connectivity index (χ3n) is 4.03. The molecular formula is C17H21N5O. The predicted molar refractivity (Wildman–Crippen MR) is 89.1 cm³/mol. The van der Waals surface area contributed by atoms with Crippen molar-refractivity contribution in [3.05, 3.63) is 36.3 Å². The van der Waals surface area contributed by atoms with Gasteiger partial charge in [0.1, 0.15) is 5.82 Å². The van der Waals surface area contributed by atoms with E-state index in [2.05, 4.69) is 19.9 Å². The minimum atomic E-state index is 0.258. The molecule has 3 rings (SSSR count). The summed E-state index contributed by atoms with van der Waals surface area (Å²) in [6.45, 7) is 4.33. The molecular weight excluding hydrogens is 290 g/mol. The highest BCUT2D eigenvalue weighted by atomic mass is 16.2. The lowest BCUT2D eigenvalue weighted by Gasteiger charge is -2.23. The van der Waals surface area contributed by atoms with Crippen LogP contribution in [0.3, 0.4) is 0 Å². The van der Waals surface area contributed by atoms with Crippen LogP contribution >= 0.6 is 0 Å². The van der Waals surface area contributed by atoms with Crippen LogP contribution < -0.4 is 4.90 Å². The van der Waals surface area contributed by atoms with Gasteiger partial charge in [0.2, 0.25) is 5.91 Å². The Morgan fingerprint density at radius 2 is 2.22 bits per heavy atom. The van der Waals surface area contributed by atoms with Crippen LogP contribution in [0.15, 0.2) is 30.6 Å². The highest BCUT2D eigenvalue weighted by Crippen LogP contribution is 2.19. The van der Waals surface area contributed by atoms with E-state index in [0.29, 0.717) is 12.2 Å². The number of amides is 1. The Balaban J connectivity index is 1.74. The number of pyridine rings is 1. The van der Waals surface area contributed by atoms with Crippen molar-refractivity contribution < 1.29 is 4.79 Å².